The van der Waals surface area contributed by atoms with Crippen molar-refractivity contribution in [2.45, 2.75) is 12.6 Å². The molecule has 38 heavy (non-hydrogen) atoms. The molecule has 0 aliphatic rings. The summed E-state index contributed by atoms with van der Waals surface area (Å²) in [4.78, 5) is 28.1. The number of amides is 2. The van der Waals surface area contributed by atoms with E-state index in [-0.39, 0.29) is 18.4 Å². The molecule has 4 aromatic rings. The maximum atomic E-state index is 13.2. The van der Waals surface area contributed by atoms with Crippen molar-refractivity contribution in [3.8, 4) is 11.5 Å². The molecule has 4 aromatic carbocycles. The second kappa shape index (κ2) is 13.1. The van der Waals surface area contributed by atoms with Crippen LogP contribution < -0.4 is 20.3 Å². The van der Waals surface area contributed by atoms with Gasteiger partial charge in [0.05, 0.1) is 13.2 Å². The third-order valence-corrected chi connectivity index (χ3v) is 5.76. The van der Waals surface area contributed by atoms with Crippen molar-refractivity contribution in [3.05, 3.63) is 120 Å². The lowest BCUT2D eigenvalue weighted by Crippen LogP contribution is -2.46. The van der Waals surface area contributed by atoms with Crippen LogP contribution in [0.3, 0.4) is 0 Å². The van der Waals surface area contributed by atoms with Gasteiger partial charge in [0.15, 0.2) is 0 Å². The van der Waals surface area contributed by atoms with Gasteiger partial charge in [0.1, 0.15) is 17.5 Å². The predicted octanol–water partition coefficient (Wildman–Crippen LogP) is 5.50. The van der Waals surface area contributed by atoms with E-state index in [4.69, 9.17) is 9.47 Å². The van der Waals surface area contributed by atoms with Gasteiger partial charge in [-0.25, -0.2) is 0 Å². The van der Waals surface area contributed by atoms with Gasteiger partial charge in [0.25, 0.3) is 5.91 Å². The number of anilines is 2. The molecule has 2 amide bonds. The van der Waals surface area contributed by atoms with Crippen LogP contribution in [-0.4, -0.2) is 38.6 Å². The molecule has 0 aliphatic carbocycles. The summed E-state index contributed by atoms with van der Waals surface area (Å²) in [6.07, 6.45) is 0. The number of nitrogens with one attached hydrogen (secondary N) is 2. The third kappa shape index (κ3) is 7.69. The van der Waals surface area contributed by atoms with Crippen LogP contribution in [0.1, 0.15) is 15.9 Å². The van der Waals surface area contributed by atoms with Crippen molar-refractivity contribution < 1.29 is 19.1 Å². The molecule has 0 bridgehead atoms. The lowest BCUT2D eigenvalue weighted by atomic mass is 10.1. The maximum Gasteiger partial charge on any atom is 0.251 e. The Bertz CT molecular complexity index is 1310. The summed E-state index contributed by atoms with van der Waals surface area (Å²) < 4.78 is 11.6. The minimum Gasteiger partial charge on any atom is -0.457 e. The summed E-state index contributed by atoms with van der Waals surface area (Å²) in [6.45, 7) is 0.334. The predicted molar refractivity (Wildman–Crippen MR) is 150 cm³/mol. The van der Waals surface area contributed by atoms with E-state index in [0.29, 0.717) is 23.6 Å². The summed E-state index contributed by atoms with van der Waals surface area (Å²) in [5.41, 5.74) is 2.99. The number of nitrogens with zero attached hydrogens (tertiary/aromatic N) is 1. The van der Waals surface area contributed by atoms with E-state index >= 15 is 0 Å². The Morgan fingerprint density at radius 2 is 1.37 bits per heavy atom. The van der Waals surface area contributed by atoms with Crippen LogP contribution >= 0.6 is 0 Å². The Balaban J connectivity index is 1.41. The normalized spacial score (nSPS) is 11.3. The molecule has 7 heteroatoms. The number of benzene rings is 4. The van der Waals surface area contributed by atoms with Crippen molar-refractivity contribution >= 4 is 23.2 Å². The van der Waals surface area contributed by atoms with Gasteiger partial charge in [-0.2, -0.15) is 0 Å². The largest absolute Gasteiger partial charge is 0.457 e. The zero-order chi connectivity index (χ0) is 26.7. The van der Waals surface area contributed by atoms with Gasteiger partial charge in [-0.3, -0.25) is 9.59 Å². The molecule has 0 heterocycles. The van der Waals surface area contributed by atoms with Crippen LogP contribution in [0.15, 0.2) is 109 Å². The van der Waals surface area contributed by atoms with Crippen LogP contribution in [0.4, 0.5) is 11.4 Å². The summed E-state index contributed by atoms with van der Waals surface area (Å²) in [5.74, 6) is 0.631. The molecule has 0 radical (unpaired) electrons. The van der Waals surface area contributed by atoms with E-state index in [1.807, 2.05) is 91.8 Å². The molecule has 4 rings (SSSR count). The van der Waals surface area contributed by atoms with Crippen LogP contribution in [0.5, 0.6) is 11.5 Å². The molecule has 7 nitrogen and oxygen atoms in total. The van der Waals surface area contributed by atoms with Crippen molar-refractivity contribution in [1.82, 2.24) is 5.32 Å². The molecule has 0 spiro atoms. The number of hydrogen-bond acceptors (Lipinski definition) is 5. The average molecular weight is 510 g/mol. The van der Waals surface area contributed by atoms with Gasteiger partial charge in [0, 0.05) is 31.0 Å². The van der Waals surface area contributed by atoms with E-state index in [1.165, 1.54) is 0 Å². The first-order chi connectivity index (χ1) is 18.5. The fourth-order valence-electron chi connectivity index (χ4n) is 3.66. The molecule has 2 N–H and O–H groups in total. The number of ether oxygens (including phenoxy) is 2. The summed E-state index contributed by atoms with van der Waals surface area (Å²) >= 11 is 0. The molecule has 1 unspecified atom stereocenters. The van der Waals surface area contributed by atoms with E-state index in [2.05, 4.69) is 10.6 Å². The van der Waals surface area contributed by atoms with Crippen molar-refractivity contribution in [3.63, 3.8) is 0 Å². The fraction of sp³-hybridized carbons (Fsp3) is 0.161. The Morgan fingerprint density at radius 3 is 2.00 bits per heavy atom. The monoisotopic (exact) mass is 509 g/mol. The van der Waals surface area contributed by atoms with E-state index in [0.717, 1.165) is 17.0 Å². The highest BCUT2D eigenvalue weighted by atomic mass is 16.5. The van der Waals surface area contributed by atoms with Gasteiger partial charge < -0.3 is 25.0 Å². The average Bonchev–Trinajstić information content (AvgIpc) is 2.94. The van der Waals surface area contributed by atoms with Gasteiger partial charge in [-0.1, -0.05) is 48.5 Å². The number of para-hydroxylation sites is 1. The van der Waals surface area contributed by atoms with Gasteiger partial charge in [0.2, 0.25) is 5.91 Å². The topological polar surface area (TPSA) is 79.9 Å². The minimum atomic E-state index is -0.903. The van der Waals surface area contributed by atoms with E-state index in [1.54, 1.807) is 36.4 Å². The summed E-state index contributed by atoms with van der Waals surface area (Å²) in [7, 11) is 3.86. The zero-order valence-corrected chi connectivity index (χ0v) is 21.5. The van der Waals surface area contributed by atoms with Crippen molar-refractivity contribution in [2.75, 3.05) is 30.9 Å². The minimum absolute atomic E-state index is 0.0114. The Hall–Kier alpha value is -4.62. The van der Waals surface area contributed by atoms with Crippen molar-refractivity contribution in [1.29, 1.82) is 0 Å². The molecule has 194 valence electrons. The maximum absolute atomic E-state index is 13.2. The molecule has 0 aromatic heterocycles. The number of carbonyl (C=O) groups is 2. The zero-order valence-electron chi connectivity index (χ0n) is 21.5. The summed E-state index contributed by atoms with van der Waals surface area (Å²) in [6, 6.07) is 32.4. The van der Waals surface area contributed by atoms with Crippen LogP contribution in [0.25, 0.3) is 0 Å². The lowest BCUT2D eigenvalue weighted by Gasteiger charge is -2.19. The quantitative estimate of drug-likeness (QED) is 0.279. The standard InChI is InChI=1S/C31H31N3O4/c1-34(2)26-17-13-24(14-18-26)30(35)33-29(22-37-21-23-9-5-3-6-10-23)31(36)32-25-15-19-28(20-16-25)38-27-11-7-4-8-12-27/h3-20,29H,21-22H2,1-2H3,(H,32,36)(H,33,35). The molecule has 0 fully saturated rings. The summed E-state index contributed by atoms with van der Waals surface area (Å²) in [5, 5.41) is 5.68. The molecule has 0 aliphatic heterocycles. The lowest BCUT2D eigenvalue weighted by molar-refractivity contribution is -0.119. The molecule has 0 saturated carbocycles. The first-order valence-electron chi connectivity index (χ1n) is 12.3. The Labute approximate surface area is 223 Å². The third-order valence-electron chi connectivity index (χ3n) is 5.76. The highest BCUT2D eigenvalue weighted by Gasteiger charge is 2.22. The Kier molecular flexibility index (Phi) is 9.10. The number of carbonyl (C=O) groups excluding carboxylic acids is 2. The van der Waals surface area contributed by atoms with Crippen LogP contribution in [0.2, 0.25) is 0 Å². The highest BCUT2D eigenvalue weighted by Crippen LogP contribution is 2.22. The van der Waals surface area contributed by atoms with Crippen LogP contribution in [0, 0.1) is 0 Å². The van der Waals surface area contributed by atoms with Crippen LogP contribution in [-0.2, 0) is 16.1 Å². The van der Waals surface area contributed by atoms with Gasteiger partial charge in [-0.05, 0) is 66.2 Å². The second-order valence-electron chi connectivity index (χ2n) is 8.90. The first kappa shape index (κ1) is 26.4. The van der Waals surface area contributed by atoms with Crippen molar-refractivity contribution in [2.24, 2.45) is 0 Å². The number of rotatable bonds is 11. The van der Waals surface area contributed by atoms with Gasteiger partial charge in [-0.15, -0.1) is 0 Å². The molecule has 1 atom stereocenters. The molecular formula is C31H31N3O4. The number of hydrogen-bond donors (Lipinski definition) is 2. The molecule has 0 saturated heterocycles. The SMILES string of the molecule is CN(C)c1ccc(C(=O)NC(COCc2ccccc2)C(=O)Nc2ccc(Oc3ccccc3)cc2)cc1. The van der Waals surface area contributed by atoms with E-state index < -0.39 is 6.04 Å². The highest BCUT2D eigenvalue weighted by molar-refractivity contribution is 6.01. The second-order valence-corrected chi connectivity index (χ2v) is 8.90. The van der Waals surface area contributed by atoms with Gasteiger partial charge >= 0.3 is 0 Å². The molecular weight excluding hydrogens is 478 g/mol. The van der Waals surface area contributed by atoms with E-state index in [9.17, 15) is 9.59 Å². The smallest absolute Gasteiger partial charge is 0.251 e. The fourth-order valence-corrected chi connectivity index (χ4v) is 3.66. The Morgan fingerprint density at radius 1 is 0.763 bits per heavy atom. The first-order valence-corrected chi connectivity index (χ1v) is 12.3.